The zero-order chi connectivity index (χ0) is 8.48. The van der Waals surface area contributed by atoms with E-state index >= 15 is 0 Å². The molecule has 1 aliphatic carbocycles. The molecule has 1 rings (SSSR count). The van der Waals surface area contributed by atoms with E-state index in [0.717, 1.165) is 6.42 Å². The molecule has 0 heterocycles. The summed E-state index contributed by atoms with van der Waals surface area (Å²) in [6.45, 7) is 3.13. The molecule has 0 spiro atoms. The van der Waals surface area contributed by atoms with E-state index in [0.29, 0.717) is 5.92 Å². The number of alkyl halides is 1. The Morgan fingerprint density at radius 3 is 2.36 bits per heavy atom. The van der Waals surface area contributed by atoms with E-state index in [-0.39, 0.29) is 6.04 Å². The highest BCUT2D eigenvalue weighted by Crippen LogP contribution is 2.32. The van der Waals surface area contributed by atoms with Crippen LogP contribution in [0.15, 0.2) is 0 Å². The van der Waals surface area contributed by atoms with E-state index < -0.39 is 5.67 Å². The highest BCUT2D eigenvalue weighted by Gasteiger charge is 2.29. The molecule has 0 bridgehead atoms. The van der Waals surface area contributed by atoms with Crippen LogP contribution in [0.1, 0.15) is 39.5 Å². The summed E-state index contributed by atoms with van der Waals surface area (Å²) < 4.78 is 13.2. The van der Waals surface area contributed by atoms with Gasteiger partial charge in [0, 0.05) is 6.04 Å². The van der Waals surface area contributed by atoms with Crippen LogP contribution in [-0.2, 0) is 0 Å². The fourth-order valence-electron chi connectivity index (χ4n) is 1.37. The molecule has 1 fully saturated rings. The maximum Gasteiger partial charge on any atom is 0.120 e. The lowest BCUT2D eigenvalue weighted by Gasteiger charge is -2.32. The predicted molar refractivity (Wildman–Crippen MR) is 45.1 cm³/mol. The van der Waals surface area contributed by atoms with Crippen molar-refractivity contribution in [3.05, 3.63) is 0 Å². The van der Waals surface area contributed by atoms with Crippen molar-refractivity contribution in [2.24, 2.45) is 11.7 Å². The van der Waals surface area contributed by atoms with E-state index in [1.807, 2.05) is 0 Å². The lowest BCUT2D eigenvalue weighted by molar-refractivity contribution is 0.137. The molecule has 0 amide bonds. The molecule has 0 aromatic rings. The Morgan fingerprint density at radius 1 is 1.55 bits per heavy atom. The molecule has 1 unspecified atom stereocenters. The Balaban J connectivity index is 2.24. The number of halogens is 1. The summed E-state index contributed by atoms with van der Waals surface area (Å²) in [6.07, 6.45) is 4.68. The van der Waals surface area contributed by atoms with Gasteiger partial charge < -0.3 is 5.73 Å². The summed E-state index contributed by atoms with van der Waals surface area (Å²) in [6, 6.07) is -0.271. The minimum absolute atomic E-state index is 0.271. The number of rotatable bonds is 3. The Bertz CT molecular complexity index is 124. The van der Waals surface area contributed by atoms with Crippen molar-refractivity contribution in [1.29, 1.82) is 0 Å². The van der Waals surface area contributed by atoms with E-state index in [2.05, 4.69) is 0 Å². The lowest BCUT2D eigenvalue weighted by atomic mass is 9.78. The SMILES string of the molecule is CC(C)(F)C(N)CC1CCC1. The summed E-state index contributed by atoms with van der Waals surface area (Å²) >= 11 is 0. The minimum Gasteiger partial charge on any atom is -0.325 e. The Labute approximate surface area is 68.2 Å². The topological polar surface area (TPSA) is 26.0 Å². The molecule has 11 heavy (non-hydrogen) atoms. The van der Waals surface area contributed by atoms with Crippen LogP contribution >= 0.6 is 0 Å². The van der Waals surface area contributed by atoms with Crippen LogP contribution in [0.3, 0.4) is 0 Å². The number of hydrogen-bond acceptors (Lipinski definition) is 1. The van der Waals surface area contributed by atoms with Crippen LogP contribution in [0.25, 0.3) is 0 Å². The molecule has 0 aromatic heterocycles. The molecule has 1 nitrogen and oxygen atoms in total. The summed E-state index contributed by atoms with van der Waals surface area (Å²) in [5, 5.41) is 0. The van der Waals surface area contributed by atoms with Crippen molar-refractivity contribution in [3.63, 3.8) is 0 Å². The highest BCUT2D eigenvalue weighted by molar-refractivity contribution is 4.85. The molecule has 2 N–H and O–H groups in total. The molecular weight excluding hydrogens is 141 g/mol. The van der Waals surface area contributed by atoms with Gasteiger partial charge in [-0.1, -0.05) is 19.3 Å². The third kappa shape index (κ3) is 2.44. The van der Waals surface area contributed by atoms with Gasteiger partial charge in [0.05, 0.1) is 0 Å². The third-order valence-corrected chi connectivity index (χ3v) is 2.69. The van der Waals surface area contributed by atoms with Crippen molar-refractivity contribution in [2.75, 3.05) is 0 Å². The molecular formula is C9H18FN. The Kier molecular flexibility index (Phi) is 2.53. The molecule has 0 aromatic carbocycles. The molecule has 0 saturated heterocycles. The minimum atomic E-state index is -1.20. The van der Waals surface area contributed by atoms with Crippen LogP contribution in [0.5, 0.6) is 0 Å². The molecule has 1 atom stereocenters. The van der Waals surface area contributed by atoms with Crippen LogP contribution in [-0.4, -0.2) is 11.7 Å². The van der Waals surface area contributed by atoms with E-state index in [9.17, 15) is 4.39 Å². The Morgan fingerprint density at radius 2 is 2.09 bits per heavy atom. The monoisotopic (exact) mass is 159 g/mol. The molecule has 66 valence electrons. The lowest BCUT2D eigenvalue weighted by Crippen LogP contribution is -2.41. The molecule has 1 saturated carbocycles. The second kappa shape index (κ2) is 3.10. The maximum absolute atomic E-state index is 13.2. The van der Waals surface area contributed by atoms with Gasteiger partial charge in [-0.2, -0.15) is 0 Å². The average molecular weight is 159 g/mol. The fourth-order valence-corrected chi connectivity index (χ4v) is 1.37. The van der Waals surface area contributed by atoms with Gasteiger partial charge in [-0.15, -0.1) is 0 Å². The van der Waals surface area contributed by atoms with E-state index in [1.165, 1.54) is 19.3 Å². The smallest absolute Gasteiger partial charge is 0.120 e. The second-order valence-electron chi connectivity index (χ2n) is 4.20. The summed E-state index contributed by atoms with van der Waals surface area (Å²) in [7, 11) is 0. The van der Waals surface area contributed by atoms with Crippen LogP contribution in [0.2, 0.25) is 0 Å². The van der Waals surface area contributed by atoms with Gasteiger partial charge in [0.2, 0.25) is 0 Å². The van der Waals surface area contributed by atoms with Gasteiger partial charge in [-0.3, -0.25) is 0 Å². The first-order valence-electron chi connectivity index (χ1n) is 4.44. The second-order valence-corrected chi connectivity index (χ2v) is 4.20. The van der Waals surface area contributed by atoms with Crippen molar-refractivity contribution in [2.45, 2.75) is 51.2 Å². The zero-order valence-corrected chi connectivity index (χ0v) is 7.44. The van der Waals surface area contributed by atoms with Gasteiger partial charge in [0.25, 0.3) is 0 Å². The average Bonchev–Trinajstić information content (AvgIpc) is 1.75. The summed E-state index contributed by atoms with van der Waals surface area (Å²) in [5.74, 6) is 0.708. The molecule has 0 aliphatic heterocycles. The van der Waals surface area contributed by atoms with Crippen LogP contribution in [0, 0.1) is 5.92 Å². The van der Waals surface area contributed by atoms with Crippen molar-refractivity contribution < 1.29 is 4.39 Å². The van der Waals surface area contributed by atoms with Gasteiger partial charge in [-0.25, -0.2) is 4.39 Å². The largest absolute Gasteiger partial charge is 0.325 e. The van der Waals surface area contributed by atoms with Crippen molar-refractivity contribution >= 4 is 0 Å². The fraction of sp³-hybridized carbons (Fsp3) is 1.00. The Hall–Kier alpha value is -0.110. The molecule has 0 radical (unpaired) electrons. The molecule has 2 heteroatoms. The maximum atomic E-state index is 13.2. The first-order chi connectivity index (χ1) is 5.00. The number of nitrogens with two attached hydrogens (primary N) is 1. The third-order valence-electron chi connectivity index (χ3n) is 2.69. The zero-order valence-electron chi connectivity index (χ0n) is 7.44. The standard InChI is InChI=1S/C9H18FN/c1-9(2,10)8(11)6-7-4-3-5-7/h7-8H,3-6,11H2,1-2H3. The van der Waals surface area contributed by atoms with Crippen LogP contribution < -0.4 is 5.73 Å². The van der Waals surface area contributed by atoms with Gasteiger partial charge >= 0.3 is 0 Å². The highest BCUT2D eigenvalue weighted by atomic mass is 19.1. The number of hydrogen-bond donors (Lipinski definition) is 1. The van der Waals surface area contributed by atoms with E-state index in [1.54, 1.807) is 13.8 Å². The molecule has 1 aliphatic rings. The first-order valence-corrected chi connectivity index (χ1v) is 4.44. The normalized spacial score (nSPS) is 22.9. The van der Waals surface area contributed by atoms with Crippen LogP contribution in [0.4, 0.5) is 4.39 Å². The summed E-state index contributed by atoms with van der Waals surface area (Å²) in [5.41, 5.74) is 4.49. The van der Waals surface area contributed by atoms with Gasteiger partial charge in [0.15, 0.2) is 0 Å². The van der Waals surface area contributed by atoms with E-state index in [4.69, 9.17) is 5.73 Å². The van der Waals surface area contributed by atoms with Crippen molar-refractivity contribution in [3.8, 4) is 0 Å². The quantitative estimate of drug-likeness (QED) is 0.671. The predicted octanol–water partition coefficient (Wildman–Crippen LogP) is 2.25. The van der Waals surface area contributed by atoms with Gasteiger partial charge in [0.1, 0.15) is 5.67 Å². The first kappa shape index (κ1) is 8.98. The summed E-state index contributed by atoms with van der Waals surface area (Å²) in [4.78, 5) is 0. The van der Waals surface area contributed by atoms with Crippen molar-refractivity contribution in [1.82, 2.24) is 0 Å². The van der Waals surface area contributed by atoms with Gasteiger partial charge in [-0.05, 0) is 26.2 Å².